The maximum absolute atomic E-state index is 5.96. The number of hydrogen-bond acceptors (Lipinski definition) is 5. The number of halogens is 1. The summed E-state index contributed by atoms with van der Waals surface area (Å²) in [7, 11) is 2.15. The number of likely N-dealkylation sites (tertiary alicyclic amines) is 1. The van der Waals surface area contributed by atoms with Crippen molar-refractivity contribution in [3.63, 3.8) is 0 Å². The zero-order valence-electron chi connectivity index (χ0n) is 10.1. The summed E-state index contributed by atoms with van der Waals surface area (Å²) in [5.74, 6) is 0.828. The van der Waals surface area contributed by atoms with Crippen molar-refractivity contribution in [1.29, 1.82) is 0 Å². The molecule has 0 aromatic carbocycles. The SMILES string of the molecule is CSc1nc(Cl)cc(NC2CCCN(C)C2)n1. The minimum absolute atomic E-state index is 0.453. The lowest BCUT2D eigenvalue weighted by Gasteiger charge is -2.30. The molecule has 2 heterocycles. The predicted molar refractivity (Wildman–Crippen MR) is 73.0 cm³/mol. The van der Waals surface area contributed by atoms with E-state index in [1.54, 1.807) is 6.07 Å². The van der Waals surface area contributed by atoms with Gasteiger partial charge in [-0.25, -0.2) is 9.97 Å². The van der Waals surface area contributed by atoms with Crippen LogP contribution in [0.15, 0.2) is 11.2 Å². The first kappa shape index (κ1) is 12.9. The second kappa shape index (κ2) is 5.89. The van der Waals surface area contributed by atoms with Crippen molar-refractivity contribution in [2.24, 2.45) is 0 Å². The van der Waals surface area contributed by atoms with Gasteiger partial charge in [-0.2, -0.15) is 0 Å². The van der Waals surface area contributed by atoms with Crippen LogP contribution in [0.5, 0.6) is 0 Å². The number of hydrogen-bond donors (Lipinski definition) is 1. The van der Waals surface area contributed by atoms with Gasteiger partial charge in [0.05, 0.1) is 0 Å². The molecule has 0 spiro atoms. The molecule has 17 heavy (non-hydrogen) atoms. The molecule has 0 aliphatic carbocycles. The Balaban J connectivity index is 2.04. The van der Waals surface area contributed by atoms with Gasteiger partial charge >= 0.3 is 0 Å². The topological polar surface area (TPSA) is 41.1 Å². The second-order valence-electron chi connectivity index (χ2n) is 4.31. The Morgan fingerprint density at radius 2 is 2.35 bits per heavy atom. The molecule has 1 aliphatic heterocycles. The molecular weight excluding hydrogens is 256 g/mol. The molecule has 4 nitrogen and oxygen atoms in total. The maximum Gasteiger partial charge on any atom is 0.190 e. The molecule has 1 N–H and O–H groups in total. The Hall–Kier alpha value is -0.520. The summed E-state index contributed by atoms with van der Waals surface area (Å²) >= 11 is 7.46. The van der Waals surface area contributed by atoms with Crippen LogP contribution in [-0.2, 0) is 0 Å². The number of likely N-dealkylation sites (N-methyl/N-ethyl adjacent to an activating group) is 1. The van der Waals surface area contributed by atoms with Gasteiger partial charge in [-0.05, 0) is 32.7 Å². The van der Waals surface area contributed by atoms with Gasteiger partial charge in [0.15, 0.2) is 5.16 Å². The van der Waals surface area contributed by atoms with Crippen LogP contribution in [0.3, 0.4) is 0 Å². The zero-order valence-corrected chi connectivity index (χ0v) is 11.7. The van der Waals surface area contributed by atoms with E-state index in [0.717, 1.165) is 12.4 Å². The van der Waals surface area contributed by atoms with E-state index in [-0.39, 0.29) is 0 Å². The van der Waals surface area contributed by atoms with Crippen LogP contribution in [-0.4, -0.2) is 47.3 Å². The van der Waals surface area contributed by atoms with E-state index in [2.05, 4.69) is 27.2 Å². The number of rotatable bonds is 3. The number of piperidine rings is 1. The van der Waals surface area contributed by atoms with Crippen molar-refractivity contribution >= 4 is 29.2 Å². The highest BCUT2D eigenvalue weighted by Gasteiger charge is 2.17. The second-order valence-corrected chi connectivity index (χ2v) is 5.47. The van der Waals surface area contributed by atoms with E-state index >= 15 is 0 Å². The molecule has 1 saturated heterocycles. The molecule has 0 amide bonds. The average Bonchev–Trinajstić information content (AvgIpc) is 2.28. The monoisotopic (exact) mass is 272 g/mol. The van der Waals surface area contributed by atoms with Crippen LogP contribution in [0.2, 0.25) is 5.15 Å². The van der Waals surface area contributed by atoms with E-state index < -0.39 is 0 Å². The molecule has 1 fully saturated rings. The Labute approximate surface area is 111 Å². The molecular formula is C11H17ClN4S. The molecule has 1 unspecified atom stereocenters. The summed E-state index contributed by atoms with van der Waals surface area (Å²) in [4.78, 5) is 10.9. The van der Waals surface area contributed by atoms with E-state index in [9.17, 15) is 0 Å². The molecule has 1 atom stereocenters. The van der Waals surface area contributed by atoms with E-state index in [4.69, 9.17) is 11.6 Å². The zero-order chi connectivity index (χ0) is 12.3. The van der Waals surface area contributed by atoms with Crippen LogP contribution in [0.4, 0.5) is 5.82 Å². The Bertz CT molecular complexity index is 388. The highest BCUT2D eigenvalue weighted by Crippen LogP contribution is 2.19. The molecule has 94 valence electrons. The van der Waals surface area contributed by atoms with E-state index in [1.807, 2.05) is 6.26 Å². The van der Waals surface area contributed by atoms with Gasteiger partial charge in [-0.3, -0.25) is 0 Å². The molecule has 6 heteroatoms. The lowest BCUT2D eigenvalue weighted by molar-refractivity contribution is 0.260. The van der Waals surface area contributed by atoms with E-state index in [0.29, 0.717) is 16.4 Å². The van der Waals surface area contributed by atoms with Gasteiger partial charge in [0.1, 0.15) is 11.0 Å². The van der Waals surface area contributed by atoms with Crippen molar-refractivity contribution < 1.29 is 0 Å². The smallest absolute Gasteiger partial charge is 0.190 e. The number of anilines is 1. The Morgan fingerprint density at radius 1 is 1.53 bits per heavy atom. The summed E-state index contributed by atoms with van der Waals surface area (Å²) in [5.41, 5.74) is 0. The third-order valence-electron chi connectivity index (χ3n) is 2.83. The maximum atomic E-state index is 5.96. The fourth-order valence-corrected chi connectivity index (χ4v) is 2.67. The van der Waals surface area contributed by atoms with Crippen molar-refractivity contribution in [1.82, 2.24) is 14.9 Å². The van der Waals surface area contributed by atoms with Crippen molar-refractivity contribution in [2.75, 3.05) is 31.7 Å². The number of nitrogens with one attached hydrogen (secondary N) is 1. The summed E-state index contributed by atoms with van der Waals surface area (Å²) in [6.45, 7) is 2.23. The van der Waals surface area contributed by atoms with Crippen molar-refractivity contribution in [3.05, 3.63) is 11.2 Å². The van der Waals surface area contributed by atoms with Gasteiger partial charge in [0.2, 0.25) is 0 Å². The predicted octanol–water partition coefficient (Wildman–Crippen LogP) is 2.36. The number of thioether (sulfide) groups is 1. The highest BCUT2D eigenvalue weighted by atomic mass is 35.5. The largest absolute Gasteiger partial charge is 0.366 e. The standard InChI is InChI=1S/C11H17ClN4S/c1-16-5-3-4-8(7-16)13-10-6-9(12)14-11(15-10)17-2/h6,8H,3-5,7H2,1-2H3,(H,13,14,15). The molecule has 0 saturated carbocycles. The molecule has 0 radical (unpaired) electrons. The number of nitrogens with zero attached hydrogens (tertiary/aromatic N) is 3. The molecule has 1 aromatic rings. The van der Waals surface area contributed by atoms with Crippen molar-refractivity contribution in [3.8, 4) is 0 Å². The summed E-state index contributed by atoms with van der Waals surface area (Å²) < 4.78 is 0. The van der Waals surface area contributed by atoms with Gasteiger partial charge in [-0.1, -0.05) is 23.4 Å². The third kappa shape index (κ3) is 3.72. The normalized spacial score (nSPS) is 21.5. The van der Waals surface area contributed by atoms with Crippen LogP contribution < -0.4 is 5.32 Å². The van der Waals surface area contributed by atoms with Crippen LogP contribution in [0, 0.1) is 0 Å². The Morgan fingerprint density at radius 3 is 3.06 bits per heavy atom. The van der Waals surface area contributed by atoms with Crippen LogP contribution in [0.1, 0.15) is 12.8 Å². The molecule has 1 aromatic heterocycles. The van der Waals surface area contributed by atoms with E-state index in [1.165, 1.54) is 31.1 Å². The minimum Gasteiger partial charge on any atom is -0.366 e. The van der Waals surface area contributed by atoms with Gasteiger partial charge in [-0.15, -0.1) is 0 Å². The summed E-state index contributed by atoms with van der Waals surface area (Å²) in [6.07, 6.45) is 4.35. The van der Waals surface area contributed by atoms with Crippen LogP contribution in [0.25, 0.3) is 0 Å². The first-order chi connectivity index (χ1) is 8.17. The summed E-state index contributed by atoms with van der Waals surface area (Å²) in [5, 5.41) is 4.64. The van der Waals surface area contributed by atoms with Crippen molar-refractivity contribution in [2.45, 2.75) is 24.0 Å². The number of aromatic nitrogens is 2. The fraction of sp³-hybridized carbons (Fsp3) is 0.636. The molecule has 2 rings (SSSR count). The minimum atomic E-state index is 0.453. The van der Waals surface area contributed by atoms with Gasteiger partial charge in [0, 0.05) is 18.7 Å². The lowest BCUT2D eigenvalue weighted by atomic mass is 10.1. The molecule has 1 aliphatic rings. The average molecular weight is 273 g/mol. The summed E-state index contributed by atoms with van der Waals surface area (Å²) in [6, 6.07) is 2.24. The first-order valence-electron chi connectivity index (χ1n) is 5.71. The third-order valence-corrected chi connectivity index (χ3v) is 3.57. The van der Waals surface area contributed by atoms with Gasteiger partial charge in [0.25, 0.3) is 0 Å². The van der Waals surface area contributed by atoms with Crippen LogP contribution >= 0.6 is 23.4 Å². The Kier molecular flexibility index (Phi) is 4.48. The van der Waals surface area contributed by atoms with Gasteiger partial charge < -0.3 is 10.2 Å². The lowest BCUT2D eigenvalue weighted by Crippen LogP contribution is -2.39. The fourth-order valence-electron chi connectivity index (χ4n) is 2.06. The molecule has 0 bridgehead atoms. The quantitative estimate of drug-likeness (QED) is 0.520. The highest BCUT2D eigenvalue weighted by molar-refractivity contribution is 7.98. The first-order valence-corrected chi connectivity index (χ1v) is 7.31.